The van der Waals surface area contributed by atoms with Crippen molar-refractivity contribution in [1.29, 1.82) is 0 Å². The van der Waals surface area contributed by atoms with Crippen molar-refractivity contribution in [2.24, 2.45) is 0 Å². The first kappa shape index (κ1) is 17.5. The minimum absolute atomic E-state index is 0.197. The van der Waals surface area contributed by atoms with Gasteiger partial charge in [-0.2, -0.15) is 0 Å². The van der Waals surface area contributed by atoms with Crippen LogP contribution in [0.1, 0.15) is 44.9 Å². The molecule has 1 fully saturated rings. The number of amides is 1. The van der Waals surface area contributed by atoms with E-state index in [1.165, 1.54) is 25.5 Å². The van der Waals surface area contributed by atoms with E-state index in [1.54, 1.807) is 6.07 Å². The van der Waals surface area contributed by atoms with Crippen LogP contribution in [0.15, 0.2) is 29.2 Å². The zero-order valence-corrected chi connectivity index (χ0v) is 14.7. The Bertz CT molecular complexity index is 781. The highest BCUT2D eigenvalue weighted by atomic mass is 16.5. The Kier molecular flexibility index (Phi) is 5.68. The van der Waals surface area contributed by atoms with E-state index in [4.69, 9.17) is 4.74 Å². The van der Waals surface area contributed by atoms with Crippen molar-refractivity contribution < 1.29 is 9.53 Å². The Morgan fingerprint density at radius 1 is 1.32 bits per heavy atom. The van der Waals surface area contributed by atoms with Crippen LogP contribution < -0.4 is 10.3 Å². The van der Waals surface area contributed by atoms with E-state index in [1.807, 2.05) is 24.1 Å². The molecular weight excluding hydrogens is 318 g/mol. The fourth-order valence-electron chi connectivity index (χ4n) is 3.37. The number of rotatable bonds is 6. The highest BCUT2D eigenvalue weighted by Crippen LogP contribution is 2.22. The summed E-state index contributed by atoms with van der Waals surface area (Å²) in [5.41, 5.74) is 1.13. The quantitative estimate of drug-likeness (QED) is 0.818. The summed E-state index contributed by atoms with van der Waals surface area (Å²) in [5, 5.41) is 0. The maximum absolute atomic E-state index is 12.3. The maximum atomic E-state index is 12.3. The van der Waals surface area contributed by atoms with Gasteiger partial charge in [0.25, 0.3) is 5.56 Å². The second-order valence-corrected chi connectivity index (χ2v) is 6.67. The van der Waals surface area contributed by atoms with Crippen molar-refractivity contribution in [2.75, 3.05) is 13.7 Å². The molecule has 2 aromatic rings. The number of carbonyl (C=O) groups is 1. The molecule has 1 aliphatic rings. The van der Waals surface area contributed by atoms with Gasteiger partial charge in [0.1, 0.15) is 5.75 Å². The zero-order valence-electron chi connectivity index (χ0n) is 14.7. The SMILES string of the molecule is CN(C(=O)CCCOc1ccc2ncc(=O)[nH]c2c1)C1CCCCC1. The molecular formula is C19H25N3O3. The van der Waals surface area contributed by atoms with Gasteiger partial charge in [0.15, 0.2) is 0 Å². The lowest BCUT2D eigenvalue weighted by Crippen LogP contribution is -2.38. The Hall–Kier alpha value is -2.37. The highest BCUT2D eigenvalue weighted by Gasteiger charge is 2.21. The van der Waals surface area contributed by atoms with E-state index in [-0.39, 0.29) is 11.5 Å². The van der Waals surface area contributed by atoms with E-state index < -0.39 is 0 Å². The zero-order chi connectivity index (χ0) is 17.6. The van der Waals surface area contributed by atoms with Crippen molar-refractivity contribution >= 4 is 16.9 Å². The molecule has 1 aromatic carbocycles. The predicted molar refractivity (Wildman–Crippen MR) is 96.7 cm³/mol. The molecule has 0 bridgehead atoms. The summed E-state index contributed by atoms with van der Waals surface area (Å²) >= 11 is 0. The molecule has 1 N–H and O–H groups in total. The van der Waals surface area contributed by atoms with Gasteiger partial charge in [-0.15, -0.1) is 0 Å². The molecule has 1 aliphatic carbocycles. The molecule has 0 aliphatic heterocycles. The van der Waals surface area contributed by atoms with E-state index in [0.29, 0.717) is 36.8 Å². The van der Waals surface area contributed by atoms with Crippen molar-refractivity contribution in [2.45, 2.75) is 51.0 Å². The molecule has 1 saturated carbocycles. The number of aromatic amines is 1. The molecule has 134 valence electrons. The standard InChI is InChI=1S/C19H25N3O3/c1-22(14-6-3-2-4-7-14)19(24)8-5-11-25-15-9-10-16-17(12-15)21-18(23)13-20-16/h9-10,12-14H,2-8,11H2,1H3,(H,21,23). The van der Waals surface area contributed by atoms with Gasteiger partial charge in [0.2, 0.25) is 5.91 Å². The summed E-state index contributed by atoms with van der Waals surface area (Å²) in [5.74, 6) is 0.867. The first-order valence-corrected chi connectivity index (χ1v) is 9.01. The first-order valence-electron chi connectivity index (χ1n) is 9.01. The second kappa shape index (κ2) is 8.14. The molecule has 0 radical (unpaired) electrons. The van der Waals surface area contributed by atoms with Gasteiger partial charge < -0.3 is 14.6 Å². The summed E-state index contributed by atoms with van der Waals surface area (Å²) in [6.45, 7) is 0.472. The molecule has 0 saturated heterocycles. The minimum atomic E-state index is -0.235. The van der Waals surface area contributed by atoms with Crippen LogP contribution in [0.2, 0.25) is 0 Å². The number of H-pyrrole nitrogens is 1. The lowest BCUT2D eigenvalue weighted by atomic mass is 9.94. The number of fused-ring (bicyclic) bond motifs is 1. The van der Waals surface area contributed by atoms with Crippen LogP contribution in [0.5, 0.6) is 5.75 Å². The number of nitrogens with zero attached hydrogens (tertiary/aromatic N) is 2. The monoisotopic (exact) mass is 343 g/mol. The average molecular weight is 343 g/mol. The van der Waals surface area contributed by atoms with E-state index >= 15 is 0 Å². The first-order chi connectivity index (χ1) is 12.1. The fraction of sp³-hybridized carbons (Fsp3) is 0.526. The van der Waals surface area contributed by atoms with E-state index in [2.05, 4.69) is 9.97 Å². The van der Waals surface area contributed by atoms with Gasteiger partial charge in [-0.25, -0.2) is 4.98 Å². The Balaban J connectivity index is 1.46. The molecule has 25 heavy (non-hydrogen) atoms. The highest BCUT2D eigenvalue weighted by molar-refractivity contribution is 5.76. The molecule has 0 unspecified atom stereocenters. The molecule has 1 aromatic heterocycles. The molecule has 1 heterocycles. The number of carbonyl (C=O) groups excluding carboxylic acids is 1. The number of hydrogen-bond acceptors (Lipinski definition) is 4. The number of nitrogens with one attached hydrogen (secondary N) is 1. The number of benzene rings is 1. The summed E-state index contributed by atoms with van der Waals surface area (Å²) in [6, 6.07) is 5.80. The third kappa shape index (κ3) is 4.59. The van der Waals surface area contributed by atoms with Gasteiger partial charge in [-0.3, -0.25) is 9.59 Å². The lowest BCUT2D eigenvalue weighted by Gasteiger charge is -2.31. The van der Waals surface area contributed by atoms with Gasteiger partial charge in [0.05, 0.1) is 23.8 Å². The van der Waals surface area contributed by atoms with E-state index in [0.717, 1.165) is 18.4 Å². The normalized spacial score (nSPS) is 15.2. The largest absolute Gasteiger partial charge is 0.494 e. The fourth-order valence-corrected chi connectivity index (χ4v) is 3.37. The molecule has 0 atom stereocenters. The van der Waals surface area contributed by atoms with Gasteiger partial charge in [-0.05, 0) is 31.4 Å². The Morgan fingerprint density at radius 3 is 2.92 bits per heavy atom. The van der Waals surface area contributed by atoms with Crippen LogP contribution in [-0.2, 0) is 4.79 Å². The Morgan fingerprint density at radius 2 is 2.12 bits per heavy atom. The number of ether oxygens (including phenoxy) is 1. The summed E-state index contributed by atoms with van der Waals surface area (Å²) in [6.07, 6.45) is 8.44. The van der Waals surface area contributed by atoms with Crippen molar-refractivity contribution in [3.8, 4) is 5.75 Å². The van der Waals surface area contributed by atoms with Crippen molar-refractivity contribution in [1.82, 2.24) is 14.9 Å². The topological polar surface area (TPSA) is 75.3 Å². The van der Waals surface area contributed by atoms with E-state index in [9.17, 15) is 9.59 Å². The van der Waals surface area contributed by atoms with Crippen LogP contribution in [0.25, 0.3) is 11.0 Å². The predicted octanol–water partition coefficient (Wildman–Crippen LogP) is 2.87. The molecule has 3 rings (SSSR count). The summed E-state index contributed by atoms with van der Waals surface area (Å²) in [4.78, 5) is 32.3. The maximum Gasteiger partial charge on any atom is 0.266 e. The van der Waals surface area contributed by atoms with Crippen LogP contribution in [0, 0.1) is 0 Å². The second-order valence-electron chi connectivity index (χ2n) is 6.67. The van der Waals surface area contributed by atoms with Crippen LogP contribution in [0.4, 0.5) is 0 Å². The van der Waals surface area contributed by atoms with Gasteiger partial charge >= 0.3 is 0 Å². The lowest BCUT2D eigenvalue weighted by molar-refractivity contribution is -0.132. The minimum Gasteiger partial charge on any atom is -0.494 e. The van der Waals surface area contributed by atoms with Gasteiger partial charge in [0, 0.05) is 25.6 Å². The van der Waals surface area contributed by atoms with Crippen LogP contribution >= 0.6 is 0 Å². The number of hydrogen-bond donors (Lipinski definition) is 1. The third-order valence-corrected chi connectivity index (χ3v) is 4.87. The smallest absolute Gasteiger partial charge is 0.266 e. The average Bonchev–Trinajstić information content (AvgIpc) is 2.64. The van der Waals surface area contributed by atoms with Crippen molar-refractivity contribution in [3.05, 3.63) is 34.7 Å². The third-order valence-electron chi connectivity index (χ3n) is 4.87. The Labute approximate surface area is 147 Å². The summed E-state index contributed by atoms with van der Waals surface area (Å²) in [7, 11) is 1.92. The molecule has 6 heteroatoms. The van der Waals surface area contributed by atoms with Crippen LogP contribution in [-0.4, -0.2) is 40.5 Å². The molecule has 6 nitrogen and oxygen atoms in total. The number of aromatic nitrogens is 2. The summed E-state index contributed by atoms with van der Waals surface area (Å²) < 4.78 is 5.71. The van der Waals surface area contributed by atoms with Crippen molar-refractivity contribution in [3.63, 3.8) is 0 Å². The molecule has 0 spiro atoms. The molecule has 1 amide bonds. The van der Waals surface area contributed by atoms with Crippen LogP contribution in [0.3, 0.4) is 0 Å². The van der Waals surface area contributed by atoms with Gasteiger partial charge in [-0.1, -0.05) is 19.3 Å².